The average Bonchev–Trinajstić information content (AvgIpc) is 2.48. The van der Waals surface area contributed by atoms with Crippen molar-refractivity contribution in [1.82, 2.24) is 10.3 Å². The number of benzene rings is 1. The summed E-state index contributed by atoms with van der Waals surface area (Å²) in [6, 6.07) is 10.9. The minimum absolute atomic E-state index is 0.00951. The number of nitrogens with zero attached hydrogens (tertiary/aromatic N) is 1. The third-order valence-corrected chi connectivity index (χ3v) is 3.02. The molecule has 0 saturated carbocycles. The molecule has 108 valence electrons. The van der Waals surface area contributed by atoms with Crippen molar-refractivity contribution in [2.24, 2.45) is 0 Å². The summed E-state index contributed by atoms with van der Waals surface area (Å²) in [6.07, 6.45) is 1.77. The van der Waals surface area contributed by atoms with Gasteiger partial charge in [0, 0.05) is 12.7 Å². The minimum atomic E-state index is -1.06. The molecule has 0 radical (unpaired) electrons. The Bertz CT molecular complexity index is 634. The van der Waals surface area contributed by atoms with Crippen LogP contribution >= 0.6 is 0 Å². The summed E-state index contributed by atoms with van der Waals surface area (Å²) in [5.41, 5.74) is 2.86. The maximum Gasteiger partial charge on any atom is 0.354 e. The Morgan fingerprint density at radius 1 is 1.10 bits per heavy atom. The number of amides is 1. The van der Waals surface area contributed by atoms with Crippen molar-refractivity contribution in [2.75, 3.05) is 0 Å². The van der Waals surface area contributed by atoms with E-state index in [0.29, 0.717) is 13.0 Å². The third kappa shape index (κ3) is 4.42. The molecular weight excluding hydrogens is 268 g/mol. The van der Waals surface area contributed by atoms with Gasteiger partial charge >= 0.3 is 5.97 Å². The van der Waals surface area contributed by atoms with Crippen molar-refractivity contribution in [2.45, 2.75) is 19.9 Å². The summed E-state index contributed by atoms with van der Waals surface area (Å²) in [4.78, 5) is 26.3. The fraction of sp³-hybridized carbons (Fsp3) is 0.188. The van der Waals surface area contributed by atoms with Crippen molar-refractivity contribution in [3.63, 3.8) is 0 Å². The van der Waals surface area contributed by atoms with Crippen molar-refractivity contribution >= 4 is 11.9 Å². The topological polar surface area (TPSA) is 79.3 Å². The molecule has 0 unspecified atom stereocenters. The highest BCUT2D eigenvalue weighted by atomic mass is 16.4. The smallest absolute Gasteiger partial charge is 0.354 e. The van der Waals surface area contributed by atoms with Crippen LogP contribution in [-0.2, 0) is 17.8 Å². The van der Waals surface area contributed by atoms with Gasteiger partial charge in [-0.05, 0) is 24.1 Å². The number of aryl methyl sites for hydroxylation is 1. The van der Waals surface area contributed by atoms with Gasteiger partial charge < -0.3 is 10.4 Å². The number of carboxylic acid groups (broad SMARTS) is 1. The molecule has 1 aromatic heterocycles. The van der Waals surface area contributed by atoms with Gasteiger partial charge in [0.2, 0.25) is 5.91 Å². The quantitative estimate of drug-likeness (QED) is 0.879. The van der Waals surface area contributed by atoms with E-state index >= 15 is 0 Å². The average molecular weight is 284 g/mol. The van der Waals surface area contributed by atoms with E-state index in [-0.39, 0.29) is 11.6 Å². The zero-order chi connectivity index (χ0) is 15.2. The number of hydrogen-bond donors (Lipinski definition) is 2. The Labute approximate surface area is 122 Å². The van der Waals surface area contributed by atoms with Crippen molar-refractivity contribution in [1.29, 1.82) is 0 Å². The Morgan fingerprint density at radius 3 is 2.33 bits per heavy atom. The predicted molar refractivity (Wildman–Crippen MR) is 77.9 cm³/mol. The van der Waals surface area contributed by atoms with Crippen LogP contribution < -0.4 is 5.32 Å². The summed E-state index contributed by atoms with van der Waals surface area (Å²) < 4.78 is 0. The Hall–Kier alpha value is -2.69. The van der Waals surface area contributed by atoms with Crippen LogP contribution in [-0.4, -0.2) is 22.0 Å². The van der Waals surface area contributed by atoms with Gasteiger partial charge in [0.25, 0.3) is 0 Å². The Morgan fingerprint density at radius 2 is 1.76 bits per heavy atom. The molecule has 0 saturated heterocycles. The van der Waals surface area contributed by atoms with Gasteiger partial charge in [-0.25, -0.2) is 9.78 Å². The number of hydrogen-bond acceptors (Lipinski definition) is 3. The predicted octanol–water partition coefficient (Wildman–Crippen LogP) is 1.95. The second-order valence-corrected chi connectivity index (χ2v) is 4.80. The van der Waals surface area contributed by atoms with Gasteiger partial charge in [0.15, 0.2) is 0 Å². The molecule has 0 aliphatic carbocycles. The fourth-order valence-corrected chi connectivity index (χ4v) is 1.81. The van der Waals surface area contributed by atoms with E-state index in [4.69, 9.17) is 5.11 Å². The standard InChI is InChI=1S/C16H16N2O3/c1-11-2-4-12(5-3-11)8-15(19)18-10-13-6-7-14(16(20)21)17-9-13/h2-7,9H,8,10H2,1H3,(H,18,19)(H,20,21). The molecule has 5 heteroatoms. The molecule has 1 heterocycles. The summed E-state index contributed by atoms with van der Waals surface area (Å²) in [6.45, 7) is 2.33. The molecule has 0 bridgehead atoms. The van der Waals surface area contributed by atoms with Gasteiger partial charge in [-0.15, -0.1) is 0 Å². The monoisotopic (exact) mass is 284 g/mol. The molecule has 2 N–H and O–H groups in total. The van der Waals surface area contributed by atoms with Gasteiger partial charge in [-0.3, -0.25) is 4.79 Å². The molecule has 0 fully saturated rings. The number of carbonyl (C=O) groups is 2. The highest BCUT2D eigenvalue weighted by Gasteiger charge is 2.06. The van der Waals surface area contributed by atoms with Crippen LogP contribution in [0.5, 0.6) is 0 Å². The van der Waals surface area contributed by atoms with E-state index in [9.17, 15) is 9.59 Å². The number of pyridine rings is 1. The van der Waals surface area contributed by atoms with E-state index in [1.165, 1.54) is 12.3 Å². The molecular formula is C16H16N2O3. The SMILES string of the molecule is Cc1ccc(CC(=O)NCc2ccc(C(=O)O)nc2)cc1. The molecule has 0 atom stereocenters. The normalized spacial score (nSPS) is 10.1. The van der Waals surface area contributed by atoms with Gasteiger partial charge in [0.05, 0.1) is 6.42 Å². The second kappa shape index (κ2) is 6.65. The summed E-state index contributed by atoms with van der Waals surface area (Å²) in [7, 11) is 0. The van der Waals surface area contributed by atoms with Crippen LogP contribution in [0.2, 0.25) is 0 Å². The lowest BCUT2D eigenvalue weighted by Crippen LogP contribution is -2.24. The molecule has 0 aliphatic rings. The Kier molecular flexibility index (Phi) is 4.66. The largest absolute Gasteiger partial charge is 0.477 e. The van der Waals surface area contributed by atoms with Crippen LogP contribution in [0.15, 0.2) is 42.6 Å². The first-order chi connectivity index (χ1) is 10.0. The van der Waals surface area contributed by atoms with Crippen molar-refractivity contribution in [3.8, 4) is 0 Å². The lowest BCUT2D eigenvalue weighted by molar-refractivity contribution is -0.120. The number of aromatic carboxylic acids is 1. The molecule has 21 heavy (non-hydrogen) atoms. The first kappa shape index (κ1) is 14.7. The zero-order valence-electron chi connectivity index (χ0n) is 11.7. The highest BCUT2D eigenvalue weighted by molar-refractivity contribution is 5.85. The number of carbonyl (C=O) groups excluding carboxylic acids is 1. The highest BCUT2D eigenvalue weighted by Crippen LogP contribution is 2.04. The first-order valence-corrected chi connectivity index (χ1v) is 6.55. The van der Waals surface area contributed by atoms with Gasteiger partial charge in [0.1, 0.15) is 5.69 Å². The molecule has 1 aromatic carbocycles. The number of carboxylic acids is 1. The van der Waals surface area contributed by atoms with Crippen LogP contribution in [0.3, 0.4) is 0 Å². The van der Waals surface area contributed by atoms with Crippen molar-refractivity contribution in [3.05, 3.63) is 65.0 Å². The first-order valence-electron chi connectivity index (χ1n) is 6.55. The molecule has 0 spiro atoms. The van der Waals surface area contributed by atoms with E-state index < -0.39 is 5.97 Å². The minimum Gasteiger partial charge on any atom is -0.477 e. The molecule has 0 aliphatic heterocycles. The van der Waals surface area contributed by atoms with Gasteiger partial charge in [-0.1, -0.05) is 35.9 Å². The van der Waals surface area contributed by atoms with Gasteiger partial charge in [-0.2, -0.15) is 0 Å². The third-order valence-electron chi connectivity index (χ3n) is 3.02. The summed E-state index contributed by atoms with van der Waals surface area (Å²) >= 11 is 0. The summed E-state index contributed by atoms with van der Waals surface area (Å²) in [5, 5.41) is 11.5. The summed E-state index contributed by atoms with van der Waals surface area (Å²) in [5.74, 6) is -1.15. The second-order valence-electron chi connectivity index (χ2n) is 4.80. The molecule has 2 rings (SSSR count). The lowest BCUT2D eigenvalue weighted by atomic mass is 10.1. The van der Waals surface area contributed by atoms with Crippen molar-refractivity contribution < 1.29 is 14.7 Å². The maximum absolute atomic E-state index is 11.8. The van der Waals surface area contributed by atoms with E-state index in [0.717, 1.165) is 16.7 Å². The van der Waals surface area contributed by atoms with E-state index in [1.807, 2.05) is 31.2 Å². The maximum atomic E-state index is 11.8. The number of aromatic nitrogens is 1. The van der Waals surface area contributed by atoms with E-state index in [1.54, 1.807) is 6.07 Å². The number of rotatable bonds is 5. The molecule has 1 amide bonds. The molecule has 2 aromatic rings. The lowest BCUT2D eigenvalue weighted by Gasteiger charge is -2.06. The Balaban J connectivity index is 1.86. The molecule has 5 nitrogen and oxygen atoms in total. The van der Waals surface area contributed by atoms with E-state index in [2.05, 4.69) is 10.3 Å². The van der Waals surface area contributed by atoms with Crippen LogP contribution in [0.1, 0.15) is 27.2 Å². The van der Waals surface area contributed by atoms with Crippen LogP contribution in [0, 0.1) is 6.92 Å². The fourth-order valence-electron chi connectivity index (χ4n) is 1.81. The van der Waals surface area contributed by atoms with Crippen LogP contribution in [0.25, 0.3) is 0 Å². The zero-order valence-corrected chi connectivity index (χ0v) is 11.7. The van der Waals surface area contributed by atoms with Crippen LogP contribution in [0.4, 0.5) is 0 Å². The number of nitrogens with one attached hydrogen (secondary N) is 1.